The minimum atomic E-state index is -0.967. The lowest BCUT2D eigenvalue weighted by Crippen LogP contribution is -2.02. The molecule has 1 saturated carbocycles. The van der Waals surface area contributed by atoms with Crippen molar-refractivity contribution >= 4 is 16.9 Å². The monoisotopic (exact) mass is 260 g/mol. The van der Waals surface area contributed by atoms with E-state index in [1.165, 1.54) is 12.8 Å². The maximum Gasteiger partial charge on any atom is 0.340 e. The van der Waals surface area contributed by atoms with Gasteiger partial charge in [-0.2, -0.15) is 0 Å². The first-order valence-electron chi connectivity index (χ1n) is 6.57. The van der Waals surface area contributed by atoms with E-state index in [1.807, 2.05) is 12.1 Å². The molecule has 4 nitrogen and oxygen atoms in total. The first-order valence-corrected chi connectivity index (χ1v) is 6.57. The van der Waals surface area contributed by atoms with Crippen molar-refractivity contribution in [3.63, 3.8) is 0 Å². The Labute approximate surface area is 111 Å². The van der Waals surface area contributed by atoms with Gasteiger partial charge in [-0.05, 0) is 18.4 Å². The third-order valence-corrected chi connectivity index (χ3v) is 3.48. The summed E-state index contributed by atoms with van der Waals surface area (Å²) < 4.78 is 11.1. The predicted octanol–water partition coefficient (Wildman–Crippen LogP) is 3.45. The van der Waals surface area contributed by atoms with Gasteiger partial charge >= 0.3 is 5.97 Å². The molecule has 4 heteroatoms. The molecule has 0 bridgehead atoms. The molecule has 1 aliphatic carbocycles. The number of aromatic carboxylic acids is 1. The van der Waals surface area contributed by atoms with E-state index in [0.29, 0.717) is 23.3 Å². The van der Waals surface area contributed by atoms with Crippen LogP contribution in [-0.2, 0) is 11.3 Å². The van der Waals surface area contributed by atoms with Gasteiger partial charge < -0.3 is 14.3 Å². The molecule has 0 unspecified atom stereocenters. The van der Waals surface area contributed by atoms with Gasteiger partial charge in [0.1, 0.15) is 23.5 Å². The van der Waals surface area contributed by atoms with Crippen LogP contribution >= 0.6 is 0 Å². The summed E-state index contributed by atoms with van der Waals surface area (Å²) in [5, 5.41) is 9.93. The summed E-state index contributed by atoms with van der Waals surface area (Å²) in [5.41, 5.74) is 0.822. The summed E-state index contributed by atoms with van der Waals surface area (Å²) in [5.74, 6) is 0.254. The van der Waals surface area contributed by atoms with E-state index in [4.69, 9.17) is 9.15 Å². The Bertz CT molecular complexity index is 595. The smallest absolute Gasteiger partial charge is 0.340 e. The minimum absolute atomic E-state index is 0.224. The van der Waals surface area contributed by atoms with E-state index in [-0.39, 0.29) is 12.2 Å². The summed E-state index contributed by atoms with van der Waals surface area (Å²) >= 11 is 0. The molecule has 2 aromatic rings. The number of carboxylic acids is 1. The van der Waals surface area contributed by atoms with Gasteiger partial charge in [0.15, 0.2) is 0 Å². The third kappa shape index (κ3) is 2.63. The number of para-hydroxylation sites is 1. The third-order valence-electron chi connectivity index (χ3n) is 3.48. The van der Waals surface area contributed by atoms with Crippen molar-refractivity contribution in [2.75, 3.05) is 6.61 Å². The molecule has 1 aliphatic rings. The quantitative estimate of drug-likeness (QED) is 0.808. The second-order valence-corrected chi connectivity index (χ2v) is 4.99. The van der Waals surface area contributed by atoms with Gasteiger partial charge in [0.05, 0.1) is 0 Å². The van der Waals surface area contributed by atoms with E-state index in [2.05, 4.69) is 0 Å². The largest absolute Gasteiger partial charge is 0.478 e. The Kier molecular flexibility index (Phi) is 3.25. The Morgan fingerprint density at radius 1 is 1.37 bits per heavy atom. The molecule has 19 heavy (non-hydrogen) atoms. The van der Waals surface area contributed by atoms with Crippen molar-refractivity contribution in [2.45, 2.75) is 25.9 Å². The number of hydrogen-bond acceptors (Lipinski definition) is 3. The van der Waals surface area contributed by atoms with Crippen molar-refractivity contribution < 1.29 is 19.1 Å². The summed E-state index contributed by atoms with van der Waals surface area (Å²) in [6.45, 7) is 0.893. The highest BCUT2D eigenvalue weighted by Gasteiger charge is 2.22. The van der Waals surface area contributed by atoms with Gasteiger partial charge in [-0.15, -0.1) is 0 Å². The zero-order valence-corrected chi connectivity index (χ0v) is 10.6. The number of rotatable bonds is 6. The van der Waals surface area contributed by atoms with Crippen LogP contribution in [0.2, 0.25) is 0 Å². The summed E-state index contributed by atoms with van der Waals surface area (Å²) in [6, 6.07) is 7.17. The normalized spacial score (nSPS) is 14.9. The highest BCUT2D eigenvalue weighted by molar-refractivity contribution is 6.03. The molecule has 3 rings (SSSR count). The lowest BCUT2D eigenvalue weighted by Gasteiger charge is -2.02. The molecule has 1 heterocycles. The van der Waals surface area contributed by atoms with Gasteiger partial charge in [-0.3, -0.25) is 0 Å². The predicted molar refractivity (Wildman–Crippen MR) is 70.2 cm³/mol. The van der Waals surface area contributed by atoms with Crippen LogP contribution in [0.5, 0.6) is 0 Å². The van der Waals surface area contributed by atoms with Gasteiger partial charge in [0, 0.05) is 12.0 Å². The lowest BCUT2D eigenvalue weighted by atomic mass is 10.1. The maximum atomic E-state index is 11.3. The van der Waals surface area contributed by atoms with Crippen LogP contribution < -0.4 is 0 Å². The molecule has 1 fully saturated rings. The average molecular weight is 260 g/mol. The van der Waals surface area contributed by atoms with Gasteiger partial charge in [0.2, 0.25) is 0 Å². The Morgan fingerprint density at radius 3 is 2.89 bits per heavy atom. The maximum absolute atomic E-state index is 11.3. The van der Waals surface area contributed by atoms with Crippen molar-refractivity contribution in [2.24, 2.45) is 5.92 Å². The van der Waals surface area contributed by atoms with Crippen molar-refractivity contribution in [3.8, 4) is 0 Å². The molecule has 1 N–H and O–H groups in total. The fourth-order valence-electron chi connectivity index (χ4n) is 2.25. The standard InChI is InChI=1S/C15H16O4/c16-15(17)14-11-3-1-2-4-12(11)19-13(14)9-18-8-7-10-5-6-10/h1-4,10H,5-9H2,(H,16,17). The Morgan fingerprint density at radius 2 is 2.16 bits per heavy atom. The zero-order chi connectivity index (χ0) is 13.2. The Balaban J connectivity index is 1.76. The van der Waals surface area contributed by atoms with Crippen LogP contribution in [0, 0.1) is 5.92 Å². The number of fused-ring (bicyclic) bond motifs is 1. The zero-order valence-electron chi connectivity index (χ0n) is 10.6. The van der Waals surface area contributed by atoms with Gasteiger partial charge in [-0.25, -0.2) is 4.79 Å². The minimum Gasteiger partial charge on any atom is -0.478 e. The number of carbonyl (C=O) groups is 1. The van der Waals surface area contributed by atoms with Crippen LogP contribution in [0.25, 0.3) is 11.0 Å². The number of carboxylic acid groups (broad SMARTS) is 1. The van der Waals surface area contributed by atoms with Crippen molar-refractivity contribution in [3.05, 3.63) is 35.6 Å². The molecule has 1 aromatic heterocycles. The van der Waals surface area contributed by atoms with E-state index in [9.17, 15) is 9.90 Å². The van der Waals surface area contributed by atoms with E-state index in [0.717, 1.165) is 12.3 Å². The Hall–Kier alpha value is -1.81. The van der Waals surface area contributed by atoms with Crippen molar-refractivity contribution in [1.82, 2.24) is 0 Å². The first kappa shape index (κ1) is 12.2. The molecule has 0 radical (unpaired) electrons. The van der Waals surface area contributed by atoms with Crippen LogP contribution in [-0.4, -0.2) is 17.7 Å². The van der Waals surface area contributed by atoms with E-state index < -0.39 is 5.97 Å². The number of ether oxygens (including phenoxy) is 1. The first-order chi connectivity index (χ1) is 9.25. The number of benzene rings is 1. The molecule has 100 valence electrons. The highest BCUT2D eigenvalue weighted by Crippen LogP contribution is 2.32. The van der Waals surface area contributed by atoms with Gasteiger partial charge in [0.25, 0.3) is 0 Å². The van der Waals surface area contributed by atoms with Crippen LogP contribution in [0.1, 0.15) is 35.4 Å². The van der Waals surface area contributed by atoms with Crippen LogP contribution in [0.4, 0.5) is 0 Å². The summed E-state index contributed by atoms with van der Waals surface area (Å²) in [4.78, 5) is 11.3. The molecule has 0 atom stereocenters. The van der Waals surface area contributed by atoms with Gasteiger partial charge in [-0.1, -0.05) is 31.0 Å². The summed E-state index contributed by atoms with van der Waals surface area (Å²) in [6.07, 6.45) is 3.66. The topological polar surface area (TPSA) is 59.7 Å². The molecule has 1 aromatic carbocycles. The second-order valence-electron chi connectivity index (χ2n) is 4.99. The fraction of sp³-hybridized carbons (Fsp3) is 0.400. The summed E-state index contributed by atoms with van der Waals surface area (Å²) in [7, 11) is 0. The second kappa shape index (κ2) is 5.05. The number of furan rings is 1. The van der Waals surface area contributed by atoms with Crippen LogP contribution in [0.3, 0.4) is 0 Å². The van der Waals surface area contributed by atoms with E-state index in [1.54, 1.807) is 12.1 Å². The fourth-order valence-corrected chi connectivity index (χ4v) is 2.25. The molecular formula is C15H16O4. The SMILES string of the molecule is O=C(O)c1c(COCCC2CC2)oc2ccccc12. The number of hydrogen-bond donors (Lipinski definition) is 1. The van der Waals surface area contributed by atoms with Crippen molar-refractivity contribution in [1.29, 1.82) is 0 Å². The molecule has 0 saturated heterocycles. The van der Waals surface area contributed by atoms with E-state index >= 15 is 0 Å². The highest BCUT2D eigenvalue weighted by atomic mass is 16.5. The molecule has 0 aliphatic heterocycles. The molecule has 0 amide bonds. The molecular weight excluding hydrogens is 244 g/mol. The van der Waals surface area contributed by atoms with Crippen LogP contribution in [0.15, 0.2) is 28.7 Å². The lowest BCUT2D eigenvalue weighted by molar-refractivity contribution is 0.0679. The molecule has 0 spiro atoms. The average Bonchev–Trinajstić information content (AvgIpc) is 3.13.